The maximum atomic E-state index is 6.12. The Hall–Kier alpha value is -2.40. The van der Waals surface area contributed by atoms with Crippen LogP contribution in [0.5, 0.6) is 5.75 Å². The fourth-order valence-corrected chi connectivity index (χ4v) is 3.46. The molecule has 2 aromatic carbocycles. The highest BCUT2D eigenvalue weighted by atomic mass is 35.5. The SMILES string of the molecule is COc1ccc(NC(N)=NCC2Cc3ccccc3N(C)C2)cc1Cl. The van der Waals surface area contributed by atoms with E-state index in [2.05, 4.69) is 46.5 Å². The first-order valence-corrected chi connectivity index (χ1v) is 8.64. The lowest BCUT2D eigenvalue weighted by Gasteiger charge is -2.32. The van der Waals surface area contributed by atoms with Gasteiger partial charge in [0.25, 0.3) is 0 Å². The normalized spacial score (nSPS) is 17.2. The first-order chi connectivity index (χ1) is 12.1. The van der Waals surface area contributed by atoms with Crippen LogP contribution in [0.4, 0.5) is 11.4 Å². The lowest BCUT2D eigenvalue weighted by Crippen LogP contribution is -2.34. The number of fused-ring (bicyclic) bond motifs is 1. The van der Waals surface area contributed by atoms with E-state index in [9.17, 15) is 0 Å². The van der Waals surface area contributed by atoms with Crippen LogP contribution < -0.4 is 20.7 Å². The predicted octanol–water partition coefficient (Wildman–Crippen LogP) is 3.38. The van der Waals surface area contributed by atoms with Crippen molar-refractivity contribution in [2.75, 3.05) is 37.5 Å². The summed E-state index contributed by atoms with van der Waals surface area (Å²) < 4.78 is 5.14. The Balaban J connectivity index is 1.61. The highest BCUT2D eigenvalue weighted by Gasteiger charge is 2.21. The molecule has 0 fully saturated rings. The molecule has 1 aliphatic heterocycles. The van der Waals surface area contributed by atoms with E-state index in [-0.39, 0.29) is 0 Å². The van der Waals surface area contributed by atoms with Gasteiger partial charge in [0.1, 0.15) is 5.75 Å². The fraction of sp³-hybridized carbons (Fsp3) is 0.316. The van der Waals surface area contributed by atoms with Crippen LogP contribution in [0.25, 0.3) is 0 Å². The number of anilines is 2. The molecule has 0 radical (unpaired) electrons. The average Bonchev–Trinajstić information content (AvgIpc) is 2.60. The number of halogens is 1. The van der Waals surface area contributed by atoms with Crippen molar-refractivity contribution in [2.45, 2.75) is 6.42 Å². The second-order valence-corrected chi connectivity index (χ2v) is 6.69. The molecule has 1 heterocycles. The van der Waals surface area contributed by atoms with Gasteiger partial charge in [-0.2, -0.15) is 0 Å². The summed E-state index contributed by atoms with van der Waals surface area (Å²) >= 11 is 6.12. The number of guanidine groups is 1. The molecule has 1 aliphatic rings. The van der Waals surface area contributed by atoms with E-state index in [4.69, 9.17) is 22.1 Å². The van der Waals surface area contributed by atoms with Gasteiger partial charge in [-0.15, -0.1) is 0 Å². The Kier molecular flexibility index (Phi) is 5.34. The second kappa shape index (κ2) is 7.66. The molecule has 0 saturated heterocycles. The molecule has 132 valence electrons. The van der Waals surface area contributed by atoms with Crippen LogP contribution in [0, 0.1) is 5.92 Å². The number of nitrogens with one attached hydrogen (secondary N) is 1. The quantitative estimate of drug-likeness (QED) is 0.649. The van der Waals surface area contributed by atoms with Gasteiger partial charge in [-0.05, 0) is 36.2 Å². The van der Waals surface area contributed by atoms with E-state index in [1.165, 1.54) is 11.3 Å². The predicted molar refractivity (Wildman–Crippen MR) is 105 cm³/mol. The number of hydrogen-bond donors (Lipinski definition) is 2. The third-order valence-corrected chi connectivity index (χ3v) is 4.68. The number of aliphatic imine (C=N–C) groups is 1. The van der Waals surface area contributed by atoms with Gasteiger partial charge in [-0.25, -0.2) is 0 Å². The molecule has 0 amide bonds. The Labute approximate surface area is 153 Å². The van der Waals surface area contributed by atoms with E-state index in [0.29, 0.717) is 29.2 Å². The number of hydrogen-bond acceptors (Lipinski definition) is 3. The Morgan fingerprint density at radius 1 is 1.36 bits per heavy atom. The summed E-state index contributed by atoms with van der Waals surface area (Å²) in [5.41, 5.74) is 9.49. The van der Waals surface area contributed by atoms with E-state index in [0.717, 1.165) is 18.7 Å². The molecular formula is C19H23ClN4O. The van der Waals surface area contributed by atoms with Crippen LogP contribution in [-0.4, -0.2) is 33.2 Å². The van der Waals surface area contributed by atoms with Crippen LogP contribution in [0.15, 0.2) is 47.5 Å². The molecule has 0 aliphatic carbocycles. The summed E-state index contributed by atoms with van der Waals surface area (Å²) in [7, 11) is 3.71. The van der Waals surface area contributed by atoms with Gasteiger partial charge in [-0.3, -0.25) is 4.99 Å². The highest BCUT2D eigenvalue weighted by Crippen LogP contribution is 2.29. The minimum Gasteiger partial charge on any atom is -0.495 e. The molecule has 0 spiro atoms. The number of nitrogens with two attached hydrogens (primary N) is 1. The van der Waals surface area contributed by atoms with Gasteiger partial charge in [0.15, 0.2) is 5.96 Å². The van der Waals surface area contributed by atoms with E-state index < -0.39 is 0 Å². The van der Waals surface area contributed by atoms with E-state index in [1.807, 2.05) is 6.07 Å². The topological polar surface area (TPSA) is 62.9 Å². The molecule has 5 nitrogen and oxygen atoms in total. The van der Waals surface area contributed by atoms with Crippen molar-refractivity contribution in [1.82, 2.24) is 0 Å². The summed E-state index contributed by atoms with van der Waals surface area (Å²) in [4.78, 5) is 6.79. The number of para-hydroxylation sites is 1. The number of benzene rings is 2. The van der Waals surface area contributed by atoms with Crippen molar-refractivity contribution in [3.63, 3.8) is 0 Å². The van der Waals surface area contributed by atoms with Gasteiger partial charge in [0.2, 0.25) is 0 Å². The zero-order valence-electron chi connectivity index (χ0n) is 14.5. The number of rotatable bonds is 4. The van der Waals surface area contributed by atoms with Crippen LogP contribution in [0.3, 0.4) is 0 Å². The van der Waals surface area contributed by atoms with Crippen molar-refractivity contribution in [1.29, 1.82) is 0 Å². The maximum absolute atomic E-state index is 6.12. The molecule has 2 aromatic rings. The Bertz CT molecular complexity index is 778. The summed E-state index contributed by atoms with van der Waals surface area (Å²) in [5.74, 6) is 1.47. The number of ether oxygens (including phenoxy) is 1. The van der Waals surface area contributed by atoms with Crippen molar-refractivity contribution in [3.05, 3.63) is 53.1 Å². The standard InChI is InChI=1S/C19H23ClN4O/c1-24-12-13(9-14-5-3-4-6-17(14)24)11-22-19(21)23-15-7-8-18(25-2)16(20)10-15/h3-8,10,13H,9,11-12H2,1-2H3,(H3,21,22,23). The molecule has 3 rings (SSSR count). The van der Waals surface area contributed by atoms with Crippen molar-refractivity contribution in [3.8, 4) is 5.75 Å². The molecule has 0 saturated carbocycles. The Morgan fingerprint density at radius 3 is 2.92 bits per heavy atom. The van der Waals surface area contributed by atoms with E-state index in [1.54, 1.807) is 19.2 Å². The van der Waals surface area contributed by atoms with Gasteiger partial charge in [0, 0.05) is 37.4 Å². The smallest absolute Gasteiger partial charge is 0.193 e. The fourth-order valence-electron chi connectivity index (χ4n) is 3.20. The third kappa shape index (κ3) is 4.17. The third-order valence-electron chi connectivity index (χ3n) is 4.39. The minimum atomic E-state index is 0.391. The first kappa shape index (κ1) is 17.4. The molecule has 0 aromatic heterocycles. The molecule has 0 bridgehead atoms. The highest BCUT2D eigenvalue weighted by molar-refractivity contribution is 6.32. The zero-order chi connectivity index (χ0) is 17.8. The maximum Gasteiger partial charge on any atom is 0.193 e. The first-order valence-electron chi connectivity index (χ1n) is 8.26. The van der Waals surface area contributed by atoms with Crippen molar-refractivity contribution in [2.24, 2.45) is 16.6 Å². The van der Waals surface area contributed by atoms with Crippen LogP contribution in [0.1, 0.15) is 5.56 Å². The summed E-state index contributed by atoms with van der Waals surface area (Å²) in [5, 5.41) is 3.61. The van der Waals surface area contributed by atoms with Crippen LogP contribution in [-0.2, 0) is 6.42 Å². The molecular weight excluding hydrogens is 336 g/mol. The zero-order valence-corrected chi connectivity index (χ0v) is 15.3. The average molecular weight is 359 g/mol. The van der Waals surface area contributed by atoms with Crippen molar-refractivity contribution < 1.29 is 4.74 Å². The molecule has 25 heavy (non-hydrogen) atoms. The monoisotopic (exact) mass is 358 g/mol. The lowest BCUT2D eigenvalue weighted by atomic mass is 9.93. The van der Waals surface area contributed by atoms with E-state index >= 15 is 0 Å². The number of nitrogens with zero attached hydrogens (tertiary/aromatic N) is 2. The van der Waals surface area contributed by atoms with Gasteiger partial charge in [-0.1, -0.05) is 29.8 Å². The summed E-state index contributed by atoms with van der Waals surface area (Å²) in [6.45, 7) is 1.66. The molecule has 3 N–H and O–H groups in total. The van der Waals surface area contributed by atoms with Gasteiger partial charge < -0.3 is 20.7 Å². The summed E-state index contributed by atoms with van der Waals surface area (Å²) in [6.07, 6.45) is 1.02. The minimum absolute atomic E-state index is 0.391. The molecule has 1 unspecified atom stereocenters. The lowest BCUT2D eigenvalue weighted by molar-refractivity contribution is 0.415. The second-order valence-electron chi connectivity index (χ2n) is 6.28. The molecule has 6 heteroatoms. The van der Waals surface area contributed by atoms with Crippen molar-refractivity contribution >= 4 is 28.9 Å². The number of methoxy groups -OCH3 is 1. The molecule has 1 atom stereocenters. The summed E-state index contributed by atoms with van der Waals surface area (Å²) in [6, 6.07) is 13.9. The largest absolute Gasteiger partial charge is 0.495 e. The Morgan fingerprint density at radius 2 is 2.16 bits per heavy atom. The van der Waals surface area contributed by atoms with Crippen LogP contribution in [0.2, 0.25) is 5.02 Å². The van der Waals surface area contributed by atoms with Gasteiger partial charge in [0.05, 0.1) is 12.1 Å². The van der Waals surface area contributed by atoms with Crippen LogP contribution >= 0.6 is 11.6 Å². The van der Waals surface area contributed by atoms with Gasteiger partial charge >= 0.3 is 0 Å².